The van der Waals surface area contributed by atoms with Crippen LogP contribution in [0.15, 0.2) is 18.5 Å². The summed E-state index contributed by atoms with van der Waals surface area (Å²) in [6, 6.07) is 3.54. The van der Waals surface area contributed by atoms with E-state index >= 15 is 0 Å². The molecule has 3 N–H and O–H groups in total. The Hall–Kier alpha value is -4.01. The van der Waals surface area contributed by atoms with Gasteiger partial charge < -0.3 is 25.6 Å². The molecule has 0 unspecified atom stereocenters. The fourth-order valence-corrected chi connectivity index (χ4v) is 2.88. The summed E-state index contributed by atoms with van der Waals surface area (Å²) < 4.78 is 5.36. The molecule has 1 saturated heterocycles. The molecule has 12 nitrogen and oxygen atoms in total. The number of anilines is 3. The molecule has 0 radical (unpaired) electrons. The van der Waals surface area contributed by atoms with E-state index in [0.29, 0.717) is 37.0 Å². The minimum Gasteiger partial charge on any atom is -0.444 e. The molecule has 168 valence electrons. The fraction of sp³-hybridized carbons (Fsp3) is 0.450. The molecular formula is C20H25N9O3. The van der Waals surface area contributed by atoms with Gasteiger partial charge in [-0.25, -0.2) is 14.8 Å². The standard InChI is InChI=1S/C20H25N9O3/c1-20(2,3)32-19(31)29-10-12(11-29)7-24-14-5-15(27-28-17(14)18(30)22-4)26-16-9-23-13(6-21)8-25-16/h5,8-9,12H,7,10-11H2,1-4H3,(H,22,30)(H2,24,25,26,27). The van der Waals surface area contributed by atoms with Crippen molar-refractivity contribution in [3.63, 3.8) is 0 Å². The van der Waals surface area contributed by atoms with E-state index < -0.39 is 5.60 Å². The van der Waals surface area contributed by atoms with E-state index in [1.54, 1.807) is 11.0 Å². The molecule has 2 aromatic rings. The Kier molecular flexibility index (Phi) is 6.67. The van der Waals surface area contributed by atoms with Crippen LogP contribution in [0.3, 0.4) is 0 Å². The molecule has 3 rings (SSSR count). The minimum atomic E-state index is -0.533. The zero-order valence-electron chi connectivity index (χ0n) is 18.3. The minimum absolute atomic E-state index is 0.146. The Bertz CT molecular complexity index is 1020. The molecule has 0 spiro atoms. The van der Waals surface area contributed by atoms with Crippen molar-refractivity contribution in [2.75, 3.05) is 37.3 Å². The van der Waals surface area contributed by atoms with E-state index in [1.165, 1.54) is 19.4 Å². The number of hydrogen-bond acceptors (Lipinski definition) is 10. The van der Waals surface area contributed by atoms with E-state index in [9.17, 15) is 9.59 Å². The summed E-state index contributed by atoms with van der Waals surface area (Å²) in [5.41, 5.74) is 0.292. The van der Waals surface area contributed by atoms with E-state index in [0.717, 1.165) is 0 Å². The molecule has 1 aliphatic rings. The van der Waals surface area contributed by atoms with Crippen molar-refractivity contribution < 1.29 is 14.3 Å². The van der Waals surface area contributed by atoms with Crippen molar-refractivity contribution in [2.24, 2.45) is 5.92 Å². The average Bonchev–Trinajstić information content (AvgIpc) is 2.71. The van der Waals surface area contributed by atoms with E-state index in [4.69, 9.17) is 10.00 Å². The highest BCUT2D eigenvalue weighted by molar-refractivity contribution is 5.97. The lowest BCUT2D eigenvalue weighted by Crippen LogP contribution is -2.53. The number of amides is 2. The van der Waals surface area contributed by atoms with Crippen LogP contribution in [0.4, 0.5) is 22.1 Å². The molecule has 0 saturated carbocycles. The predicted molar refractivity (Wildman–Crippen MR) is 115 cm³/mol. The van der Waals surface area contributed by atoms with Crippen molar-refractivity contribution in [3.05, 3.63) is 29.8 Å². The third kappa shape index (κ3) is 5.78. The van der Waals surface area contributed by atoms with Gasteiger partial charge in [-0.3, -0.25) is 4.79 Å². The fourth-order valence-electron chi connectivity index (χ4n) is 2.88. The lowest BCUT2D eigenvalue weighted by molar-refractivity contribution is 0.000841. The van der Waals surface area contributed by atoms with Gasteiger partial charge in [0.05, 0.1) is 18.1 Å². The van der Waals surface area contributed by atoms with Crippen molar-refractivity contribution in [3.8, 4) is 6.07 Å². The summed E-state index contributed by atoms with van der Waals surface area (Å²) in [6.07, 6.45) is 2.40. The molecule has 32 heavy (non-hydrogen) atoms. The van der Waals surface area contributed by atoms with Crippen molar-refractivity contribution in [1.82, 2.24) is 30.4 Å². The molecule has 2 amide bonds. The monoisotopic (exact) mass is 439 g/mol. The number of rotatable bonds is 6. The number of ether oxygens (including phenoxy) is 1. The zero-order valence-corrected chi connectivity index (χ0v) is 18.3. The van der Waals surface area contributed by atoms with Crippen LogP contribution in [-0.4, -0.2) is 69.3 Å². The highest BCUT2D eigenvalue weighted by atomic mass is 16.6. The van der Waals surface area contributed by atoms with E-state index in [1.807, 2.05) is 26.8 Å². The maximum Gasteiger partial charge on any atom is 0.410 e. The maximum absolute atomic E-state index is 12.2. The van der Waals surface area contributed by atoms with Gasteiger partial charge in [0.1, 0.15) is 17.5 Å². The number of carbonyl (C=O) groups is 2. The largest absolute Gasteiger partial charge is 0.444 e. The molecule has 1 fully saturated rings. The average molecular weight is 439 g/mol. The van der Waals surface area contributed by atoms with Gasteiger partial charge >= 0.3 is 6.09 Å². The lowest BCUT2D eigenvalue weighted by Gasteiger charge is -2.40. The van der Waals surface area contributed by atoms with Crippen LogP contribution in [0.1, 0.15) is 37.0 Å². The molecule has 3 heterocycles. The molecule has 1 aliphatic heterocycles. The smallest absolute Gasteiger partial charge is 0.410 e. The molecule has 12 heteroatoms. The first-order valence-electron chi connectivity index (χ1n) is 9.99. The Balaban J connectivity index is 1.64. The molecule has 0 aromatic carbocycles. The zero-order chi connectivity index (χ0) is 23.3. The molecular weight excluding hydrogens is 414 g/mol. The SMILES string of the molecule is CNC(=O)c1nnc(Nc2cnc(C#N)cn2)cc1NCC1CN(C(=O)OC(C)(C)C)C1. The van der Waals surface area contributed by atoms with Crippen LogP contribution in [0.5, 0.6) is 0 Å². The summed E-state index contributed by atoms with van der Waals surface area (Å²) in [5.74, 6) is 0.551. The van der Waals surface area contributed by atoms with Crippen molar-refractivity contribution >= 4 is 29.3 Å². The molecule has 0 atom stereocenters. The summed E-state index contributed by atoms with van der Waals surface area (Å²) in [4.78, 5) is 33.9. The number of nitrogens with zero attached hydrogens (tertiary/aromatic N) is 6. The quantitative estimate of drug-likeness (QED) is 0.602. The van der Waals surface area contributed by atoms with Crippen LogP contribution in [0, 0.1) is 17.2 Å². The van der Waals surface area contributed by atoms with E-state index in [2.05, 4.69) is 36.1 Å². The second-order valence-corrected chi connectivity index (χ2v) is 8.23. The normalized spacial score (nSPS) is 13.5. The van der Waals surface area contributed by atoms with Crippen molar-refractivity contribution in [1.29, 1.82) is 5.26 Å². The lowest BCUT2D eigenvalue weighted by atomic mass is 10.0. The summed E-state index contributed by atoms with van der Waals surface area (Å²) in [5, 5.41) is 25.5. The number of aromatic nitrogens is 4. The maximum atomic E-state index is 12.2. The third-order valence-electron chi connectivity index (χ3n) is 4.45. The van der Waals surface area contributed by atoms with Gasteiger partial charge in [0.15, 0.2) is 17.2 Å². The van der Waals surface area contributed by atoms with Crippen LogP contribution in [-0.2, 0) is 4.74 Å². The van der Waals surface area contributed by atoms with Crippen molar-refractivity contribution in [2.45, 2.75) is 26.4 Å². The summed E-state index contributed by atoms with van der Waals surface area (Å²) in [7, 11) is 1.51. The summed E-state index contributed by atoms with van der Waals surface area (Å²) >= 11 is 0. The number of nitrogens with one attached hydrogen (secondary N) is 3. The summed E-state index contributed by atoms with van der Waals surface area (Å²) in [6.45, 7) is 7.13. The first-order valence-corrected chi connectivity index (χ1v) is 9.99. The highest BCUT2D eigenvalue weighted by Gasteiger charge is 2.33. The number of likely N-dealkylation sites (tertiary alicyclic amines) is 1. The molecule has 0 aliphatic carbocycles. The highest BCUT2D eigenvalue weighted by Crippen LogP contribution is 2.23. The second-order valence-electron chi connectivity index (χ2n) is 8.23. The van der Waals surface area contributed by atoms with Gasteiger partial charge in [0.25, 0.3) is 5.91 Å². The van der Waals surface area contributed by atoms with Gasteiger partial charge in [0, 0.05) is 38.7 Å². The Morgan fingerprint density at radius 1 is 1.22 bits per heavy atom. The number of hydrogen-bond donors (Lipinski definition) is 3. The predicted octanol–water partition coefficient (Wildman–Crippen LogP) is 1.52. The second kappa shape index (κ2) is 9.42. The third-order valence-corrected chi connectivity index (χ3v) is 4.45. The first-order chi connectivity index (χ1) is 15.2. The Morgan fingerprint density at radius 2 is 1.97 bits per heavy atom. The van der Waals surface area contributed by atoms with Gasteiger partial charge in [-0.15, -0.1) is 10.2 Å². The van der Waals surface area contributed by atoms with Gasteiger partial charge in [-0.1, -0.05) is 0 Å². The number of carbonyl (C=O) groups excluding carboxylic acids is 2. The number of nitriles is 1. The van der Waals surface area contributed by atoms with Gasteiger partial charge in [-0.2, -0.15) is 5.26 Å². The van der Waals surface area contributed by atoms with Crippen LogP contribution in [0.2, 0.25) is 0 Å². The van der Waals surface area contributed by atoms with Gasteiger partial charge in [-0.05, 0) is 20.8 Å². The Labute approximate surface area is 185 Å². The van der Waals surface area contributed by atoms with Crippen LogP contribution < -0.4 is 16.0 Å². The van der Waals surface area contributed by atoms with Crippen LogP contribution in [0.25, 0.3) is 0 Å². The molecule has 2 aromatic heterocycles. The Morgan fingerprint density at radius 3 is 2.56 bits per heavy atom. The van der Waals surface area contributed by atoms with Crippen LogP contribution >= 0.6 is 0 Å². The van der Waals surface area contributed by atoms with Gasteiger partial charge in [0.2, 0.25) is 0 Å². The topological polar surface area (TPSA) is 158 Å². The molecule has 0 bridgehead atoms. The van der Waals surface area contributed by atoms with E-state index in [-0.39, 0.29) is 29.3 Å². The first kappa shape index (κ1) is 22.7.